The third-order valence-electron chi connectivity index (χ3n) is 2.67. The molecule has 3 nitrogen and oxygen atoms in total. The molecule has 0 N–H and O–H groups in total. The maximum Gasteiger partial charge on any atom is 0.387 e. The van der Waals surface area contributed by atoms with Crippen LogP contribution in [0.1, 0.15) is 15.2 Å². The Morgan fingerprint density at radius 3 is 2.68 bits per heavy atom. The molecule has 2 rings (SSSR count). The summed E-state index contributed by atoms with van der Waals surface area (Å²) < 4.78 is 35.0. The van der Waals surface area contributed by atoms with Crippen LogP contribution in [0.4, 0.5) is 8.78 Å². The van der Waals surface area contributed by atoms with Gasteiger partial charge in [-0.3, -0.25) is 4.79 Å². The first-order valence-corrected chi connectivity index (χ1v) is 7.30. The summed E-state index contributed by atoms with van der Waals surface area (Å²) in [5, 5.41) is 0. The van der Waals surface area contributed by atoms with Crippen LogP contribution < -0.4 is 9.47 Å². The zero-order valence-corrected chi connectivity index (χ0v) is 13.0. The molecule has 22 heavy (non-hydrogen) atoms. The number of alkyl halides is 2. The van der Waals surface area contributed by atoms with E-state index in [4.69, 9.17) is 16.3 Å². The molecule has 0 aliphatic carbocycles. The number of benzene rings is 1. The van der Waals surface area contributed by atoms with E-state index in [2.05, 4.69) is 4.74 Å². The van der Waals surface area contributed by atoms with E-state index < -0.39 is 6.61 Å². The molecule has 0 amide bonds. The van der Waals surface area contributed by atoms with Gasteiger partial charge in [-0.15, -0.1) is 11.3 Å². The van der Waals surface area contributed by atoms with E-state index in [0.29, 0.717) is 14.8 Å². The first kappa shape index (κ1) is 16.5. The van der Waals surface area contributed by atoms with E-state index in [-0.39, 0.29) is 17.3 Å². The fraction of sp³-hybridized carbons (Fsp3) is 0.133. The maximum absolute atomic E-state index is 12.5. The molecule has 2 aromatic rings. The largest absolute Gasteiger partial charge is 0.493 e. The molecule has 1 aromatic carbocycles. The smallest absolute Gasteiger partial charge is 0.387 e. The Labute approximate surface area is 134 Å². The van der Waals surface area contributed by atoms with Gasteiger partial charge in [-0.1, -0.05) is 23.7 Å². The SMILES string of the molecule is COc1cccc(/C=C/C(=O)c2ccc(Cl)s2)c1OC(F)F. The molecule has 1 aromatic heterocycles. The summed E-state index contributed by atoms with van der Waals surface area (Å²) in [5.41, 5.74) is 0.315. The summed E-state index contributed by atoms with van der Waals surface area (Å²) >= 11 is 6.91. The molecule has 0 saturated carbocycles. The van der Waals surface area contributed by atoms with Crippen molar-refractivity contribution in [3.8, 4) is 11.5 Å². The average molecular weight is 345 g/mol. The minimum absolute atomic E-state index is 0.117. The molecule has 1 heterocycles. The number of allylic oxidation sites excluding steroid dienone is 1. The molecule has 0 atom stereocenters. The normalized spacial score (nSPS) is 11.1. The lowest BCUT2D eigenvalue weighted by Gasteiger charge is -2.12. The molecule has 0 aliphatic heterocycles. The molecule has 0 bridgehead atoms. The highest BCUT2D eigenvalue weighted by atomic mass is 35.5. The number of hydrogen-bond donors (Lipinski definition) is 0. The molecule has 0 fully saturated rings. The average Bonchev–Trinajstić information content (AvgIpc) is 2.92. The van der Waals surface area contributed by atoms with Crippen LogP contribution >= 0.6 is 22.9 Å². The second-order valence-electron chi connectivity index (χ2n) is 4.06. The lowest BCUT2D eigenvalue weighted by molar-refractivity contribution is -0.0513. The highest BCUT2D eigenvalue weighted by molar-refractivity contribution is 7.18. The first-order chi connectivity index (χ1) is 10.5. The zero-order valence-electron chi connectivity index (χ0n) is 11.4. The summed E-state index contributed by atoms with van der Waals surface area (Å²) in [6, 6.07) is 7.87. The number of para-hydroxylation sites is 1. The van der Waals surface area contributed by atoms with E-state index in [1.165, 1.54) is 25.3 Å². The van der Waals surface area contributed by atoms with Crippen LogP contribution in [-0.4, -0.2) is 19.5 Å². The summed E-state index contributed by atoms with van der Waals surface area (Å²) in [5.74, 6) is -0.231. The van der Waals surface area contributed by atoms with Crippen molar-refractivity contribution in [3.05, 3.63) is 51.2 Å². The van der Waals surface area contributed by atoms with Crippen LogP contribution in [-0.2, 0) is 0 Å². The highest BCUT2D eigenvalue weighted by Crippen LogP contribution is 2.33. The summed E-state index contributed by atoms with van der Waals surface area (Å²) in [6.07, 6.45) is 2.67. The van der Waals surface area contributed by atoms with E-state index >= 15 is 0 Å². The fourth-order valence-electron chi connectivity index (χ4n) is 1.73. The number of halogens is 3. The summed E-state index contributed by atoms with van der Waals surface area (Å²) in [7, 11) is 1.35. The van der Waals surface area contributed by atoms with E-state index in [1.54, 1.807) is 24.3 Å². The quantitative estimate of drug-likeness (QED) is 0.552. The third-order valence-corrected chi connectivity index (χ3v) is 3.91. The number of rotatable bonds is 6. The predicted molar refractivity (Wildman–Crippen MR) is 82.3 cm³/mol. The van der Waals surface area contributed by atoms with Gasteiger partial charge in [0.2, 0.25) is 0 Å². The van der Waals surface area contributed by atoms with Crippen molar-refractivity contribution in [1.82, 2.24) is 0 Å². The van der Waals surface area contributed by atoms with Gasteiger partial charge in [0.05, 0.1) is 16.3 Å². The van der Waals surface area contributed by atoms with E-state index in [1.807, 2.05) is 0 Å². The Kier molecular flexibility index (Phi) is 5.51. The van der Waals surface area contributed by atoms with Gasteiger partial charge in [-0.2, -0.15) is 8.78 Å². The van der Waals surface area contributed by atoms with Gasteiger partial charge >= 0.3 is 6.61 Å². The van der Waals surface area contributed by atoms with Crippen LogP contribution in [0.25, 0.3) is 6.08 Å². The second kappa shape index (κ2) is 7.38. The van der Waals surface area contributed by atoms with E-state index in [9.17, 15) is 13.6 Å². The number of methoxy groups -OCH3 is 1. The Balaban J connectivity index is 2.28. The highest BCUT2D eigenvalue weighted by Gasteiger charge is 2.14. The maximum atomic E-state index is 12.5. The number of thiophene rings is 1. The Morgan fingerprint density at radius 1 is 1.32 bits per heavy atom. The first-order valence-electron chi connectivity index (χ1n) is 6.11. The molecule has 0 saturated heterocycles. The van der Waals surface area contributed by atoms with Crippen LogP contribution in [0.2, 0.25) is 4.34 Å². The number of hydrogen-bond acceptors (Lipinski definition) is 4. The number of ketones is 1. The predicted octanol–water partition coefficient (Wildman–Crippen LogP) is 4.91. The number of carbonyl (C=O) groups excluding carboxylic acids is 1. The van der Waals surface area contributed by atoms with Gasteiger partial charge < -0.3 is 9.47 Å². The van der Waals surface area contributed by atoms with Crippen molar-refractivity contribution in [1.29, 1.82) is 0 Å². The fourth-order valence-corrected chi connectivity index (χ4v) is 2.70. The van der Waals surface area contributed by atoms with Crippen molar-refractivity contribution < 1.29 is 23.0 Å². The number of carbonyl (C=O) groups is 1. The van der Waals surface area contributed by atoms with Gasteiger partial charge in [-0.05, 0) is 30.4 Å². The van der Waals surface area contributed by atoms with E-state index in [0.717, 1.165) is 11.3 Å². The van der Waals surface area contributed by atoms with Crippen molar-refractivity contribution in [3.63, 3.8) is 0 Å². The van der Waals surface area contributed by atoms with Gasteiger partial charge in [-0.25, -0.2) is 0 Å². The molecular weight excluding hydrogens is 334 g/mol. The Hall–Kier alpha value is -1.92. The summed E-state index contributed by atoms with van der Waals surface area (Å²) in [4.78, 5) is 12.4. The van der Waals surface area contributed by atoms with Gasteiger partial charge in [0.15, 0.2) is 17.3 Å². The lowest BCUT2D eigenvalue weighted by Crippen LogP contribution is -2.05. The van der Waals surface area contributed by atoms with Crippen molar-refractivity contribution >= 4 is 34.8 Å². The third kappa shape index (κ3) is 4.05. The zero-order chi connectivity index (χ0) is 16.1. The van der Waals surface area contributed by atoms with Crippen LogP contribution in [0.3, 0.4) is 0 Å². The van der Waals surface area contributed by atoms with Crippen LogP contribution in [0, 0.1) is 0 Å². The second-order valence-corrected chi connectivity index (χ2v) is 5.77. The molecule has 0 aliphatic rings. The molecule has 116 valence electrons. The summed E-state index contributed by atoms with van der Waals surface area (Å²) in [6.45, 7) is -2.99. The number of ether oxygens (including phenoxy) is 2. The van der Waals surface area contributed by atoms with Crippen LogP contribution in [0.5, 0.6) is 11.5 Å². The standard InChI is InChI=1S/C15H11ClF2O3S/c1-20-11-4-2-3-9(14(11)21-15(17)18)5-6-10(19)12-7-8-13(16)22-12/h2-8,15H,1H3/b6-5+. The van der Waals surface area contributed by atoms with Gasteiger partial charge in [0.1, 0.15) is 0 Å². The molecule has 7 heteroatoms. The lowest BCUT2D eigenvalue weighted by atomic mass is 10.1. The van der Waals surface area contributed by atoms with Crippen molar-refractivity contribution in [2.75, 3.05) is 7.11 Å². The van der Waals surface area contributed by atoms with Crippen LogP contribution in [0.15, 0.2) is 36.4 Å². The van der Waals surface area contributed by atoms with Gasteiger partial charge in [0.25, 0.3) is 0 Å². The van der Waals surface area contributed by atoms with Gasteiger partial charge in [0, 0.05) is 5.56 Å². The minimum Gasteiger partial charge on any atom is -0.493 e. The molecule has 0 unspecified atom stereocenters. The monoisotopic (exact) mass is 344 g/mol. The Bertz CT molecular complexity index is 698. The minimum atomic E-state index is -2.99. The topological polar surface area (TPSA) is 35.5 Å². The molecule has 0 radical (unpaired) electrons. The van der Waals surface area contributed by atoms with Crippen molar-refractivity contribution in [2.24, 2.45) is 0 Å². The molecular formula is C15H11ClF2O3S. The van der Waals surface area contributed by atoms with Crippen molar-refractivity contribution in [2.45, 2.75) is 6.61 Å². The Morgan fingerprint density at radius 2 is 2.09 bits per heavy atom. The molecule has 0 spiro atoms.